The zero-order chi connectivity index (χ0) is 20.4. The maximum Gasteiger partial charge on any atom is 0.290 e. The topological polar surface area (TPSA) is 70.0 Å². The number of piperazine rings is 1. The Balaban J connectivity index is 1.62. The highest BCUT2D eigenvalue weighted by atomic mass is 16.2. The van der Waals surface area contributed by atoms with Crippen LogP contribution in [0, 0.1) is 0 Å². The number of likely N-dealkylation sites (N-methyl/N-ethyl adjacent to an activating group) is 1. The Kier molecular flexibility index (Phi) is 5.31. The first-order valence-corrected chi connectivity index (χ1v) is 9.85. The lowest BCUT2D eigenvalue weighted by molar-refractivity contribution is 0.0651. The van der Waals surface area contributed by atoms with Gasteiger partial charge >= 0.3 is 0 Å². The molecule has 29 heavy (non-hydrogen) atoms. The average molecular weight is 391 g/mol. The van der Waals surface area contributed by atoms with Crippen LogP contribution in [-0.2, 0) is 0 Å². The standard InChI is InChI=1S/C22H25N5O2/c1-16(17-8-4-3-5-9-17)23-21(28)19-18-10-6-7-11-27(18)20(24-19)22(29)26-14-12-25(2)13-15-26/h3-11,16H,12-15H2,1-2H3,(H,23,28). The predicted molar refractivity (Wildman–Crippen MR) is 111 cm³/mol. The molecule has 1 aromatic carbocycles. The number of pyridine rings is 1. The van der Waals surface area contributed by atoms with E-state index in [0.717, 1.165) is 18.7 Å². The van der Waals surface area contributed by atoms with Crippen LogP contribution in [0.3, 0.4) is 0 Å². The van der Waals surface area contributed by atoms with E-state index in [4.69, 9.17) is 0 Å². The van der Waals surface area contributed by atoms with Gasteiger partial charge in [-0.25, -0.2) is 4.98 Å². The van der Waals surface area contributed by atoms with E-state index in [2.05, 4.69) is 15.2 Å². The second kappa shape index (κ2) is 8.05. The van der Waals surface area contributed by atoms with Crippen molar-refractivity contribution in [2.75, 3.05) is 33.2 Å². The molecule has 1 atom stereocenters. The summed E-state index contributed by atoms with van der Waals surface area (Å²) < 4.78 is 1.71. The molecule has 7 heteroatoms. The Morgan fingerprint density at radius 1 is 1.00 bits per heavy atom. The maximum absolute atomic E-state index is 13.1. The molecule has 0 aliphatic carbocycles. The molecule has 4 rings (SSSR count). The number of hydrogen-bond acceptors (Lipinski definition) is 4. The fourth-order valence-corrected chi connectivity index (χ4v) is 3.60. The van der Waals surface area contributed by atoms with E-state index < -0.39 is 0 Å². The normalized spacial score (nSPS) is 16.0. The summed E-state index contributed by atoms with van der Waals surface area (Å²) in [5.41, 5.74) is 1.91. The van der Waals surface area contributed by atoms with Gasteiger partial charge in [-0.3, -0.25) is 14.0 Å². The van der Waals surface area contributed by atoms with Crippen LogP contribution in [0.2, 0.25) is 0 Å². The second-order valence-electron chi connectivity index (χ2n) is 7.44. The molecule has 1 fully saturated rings. The van der Waals surface area contributed by atoms with Gasteiger partial charge in [0, 0.05) is 32.4 Å². The number of benzene rings is 1. The van der Waals surface area contributed by atoms with E-state index in [-0.39, 0.29) is 29.4 Å². The molecule has 1 N–H and O–H groups in total. The molecule has 7 nitrogen and oxygen atoms in total. The Hall–Kier alpha value is -3.19. The van der Waals surface area contributed by atoms with E-state index in [1.165, 1.54) is 0 Å². The first-order chi connectivity index (χ1) is 14.0. The summed E-state index contributed by atoms with van der Waals surface area (Å²) in [5, 5.41) is 3.00. The highest BCUT2D eigenvalue weighted by molar-refractivity contribution is 6.02. The van der Waals surface area contributed by atoms with E-state index >= 15 is 0 Å². The number of aromatic nitrogens is 2. The summed E-state index contributed by atoms with van der Waals surface area (Å²) in [5.74, 6) is -0.153. The summed E-state index contributed by atoms with van der Waals surface area (Å²) in [6.07, 6.45) is 1.78. The van der Waals surface area contributed by atoms with E-state index in [0.29, 0.717) is 18.6 Å². The molecule has 1 unspecified atom stereocenters. The van der Waals surface area contributed by atoms with E-state index in [9.17, 15) is 9.59 Å². The third kappa shape index (κ3) is 3.86. The number of hydrogen-bond donors (Lipinski definition) is 1. The number of nitrogens with zero attached hydrogens (tertiary/aromatic N) is 4. The molecule has 1 aliphatic heterocycles. The minimum absolute atomic E-state index is 0.144. The van der Waals surface area contributed by atoms with Crippen LogP contribution < -0.4 is 5.32 Å². The van der Waals surface area contributed by atoms with Gasteiger partial charge in [0.1, 0.15) is 0 Å². The van der Waals surface area contributed by atoms with Gasteiger partial charge in [0.2, 0.25) is 5.82 Å². The molecule has 0 spiro atoms. The lowest BCUT2D eigenvalue weighted by atomic mass is 10.1. The smallest absolute Gasteiger partial charge is 0.290 e. The Labute approximate surface area is 169 Å². The summed E-state index contributed by atoms with van der Waals surface area (Å²) in [6, 6.07) is 15.1. The molecule has 3 heterocycles. The average Bonchev–Trinajstić information content (AvgIpc) is 3.14. The van der Waals surface area contributed by atoms with Crippen molar-refractivity contribution in [1.29, 1.82) is 0 Å². The molecule has 0 saturated carbocycles. The Bertz CT molecular complexity index is 1020. The van der Waals surface area contributed by atoms with Gasteiger partial charge in [-0.2, -0.15) is 0 Å². The molecular weight excluding hydrogens is 366 g/mol. The van der Waals surface area contributed by atoms with Gasteiger partial charge in [-0.1, -0.05) is 36.4 Å². The van der Waals surface area contributed by atoms with Crippen molar-refractivity contribution in [3.8, 4) is 0 Å². The van der Waals surface area contributed by atoms with Crippen LogP contribution in [0.1, 0.15) is 39.6 Å². The summed E-state index contributed by atoms with van der Waals surface area (Å²) >= 11 is 0. The van der Waals surface area contributed by atoms with Crippen molar-refractivity contribution in [1.82, 2.24) is 24.5 Å². The van der Waals surface area contributed by atoms with Gasteiger partial charge < -0.3 is 15.1 Å². The van der Waals surface area contributed by atoms with Gasteiger partial charge in [0.15, 0.2) is 5.69 Å². The second-order valence-corrected chi connectivity index (χ2v) is 7.44. The van der Waals surface area contributed by atoms with Gasteiger partial charge in [0.25, 0.3) is 11.8 Å². The lowest BCUT2D eigenvalue weighted by Gasteiger charge is -2.31. The minimum atomic E-state index is -0.289. The molecular formula is C22H25N5O2. The predicted octanol–water partition coefficient (Wildman–Crippen LogP) is 2.21. The van der Waals surface area contributed by atoms with Gasteiger partial charge in [-0.15, -0.1) is 0 Å². The monoisotopic (exact) mass is 391 g/mol. The van der Waals surface area contributed by atoms with Crippen molar-refractivity contribution in [3.63, 3.8) is 0 Å². The van der Waals surface area contributed by atoms with Crippen LogP contribution in [0.25, 0.3) is 5.52 Å². The fourth-order valence-electron chi connectivity index (χ4n) is 3.60. The van der Waals surface area contributed by atoms with Crippen LogP contribution in [-0.4, -0.2) is 64.2 Å². The zero-order valence-electron chi connectivity index (χ0n) is 16.7. The van der Waals surface area contributed by atoms with Gasteiger partial charge in [0.05, 0.1) is 11.6 Å². The Morgan fingerprint density at radius 2 is 1.69 bits per heavy atom. The number of amides is 2. The maximum atomic E-state index is 13.1. The first-order valence-electron chi connectivity index (χ1n) is 9.85. The molecule has 3 aromatic rings. The van der Waals surface area contributed by atoms with Crippen LogP contribution in [0.15, 0.2) is 54.7 Å². The molecule has 2 amide bonds. The van der Waals surface area contributed by atoms with Crippen molar-refractivity contribution in [3.05, 3.63) is 71.8 Å². The fraction of sp³-hybridized carbons (Fsp3) is 0.318. The lowest BCUT2D eigenvalue weighted by Crippen LogP contribution is -2.47. The largest absolute Gasteiger partial charge is 0.344 e. The third-order valence-corrected chi connectivity index (χ3v) is 5.39. The Morgan fingerprint density at radius 3 is 2.41 bits per heavy atom. The molecule has 1 saturated heterocycles. The highest BCUT2D eigenvalue weighted by Gasteiger charge is 2.27. The molecule has 150 valence electrons. The van der Waals surface area contributed by atoms with Crippen molar-refractivity contribution in [2.24, 2.45) is 0 Å². The molecule has 0 radical (unpaired) electrons. The van der Waals surface area contributed by atoms with Crippen molar-refractivity contribution < 1.29 is 9.59 Å². The molecule has 2 aromatic heterocycles. The van der Waals surface area contributed by atoms with Gasteiger partial charge in [-0.05, 0) is 31.7 Å². The SMILES string of the molecule is CC(NC(=O)c1nc(C(=O)N2CCN(C)CC2)n2ccccc12)c1ccccc1. The number of carbonyl (C=O) groups excluding carboxylic acids is 2. The number of carbonyl (C=O) groups is 2. The van der Waals surface area contributed by atoms with Crippen LogP contribution in [0.5, 0.6) is 0 Å². The number of fused-ring (bicyclic) bond motifs is 1. The van der Waals surface area contributed by atoms with Crippen LogP contribution >= 0.6 is 0 Å². The molecule has 0 bridgehead atoms. The van der Waals surface area contributed by atoms with Crippen molar-refractivity contribution >= 4 is 17.3 Å². The minimum Gasteiger partial charge on any atom is -0.344 e. The van der Waals surface area contributed by atoms with Crippen LogP contribution in [0.4, 0.5) is 0 Å². The number of nitrogens with one attached hydrogen (secondary N) is 1. The summed E-state index contributed by atoms with van der Waals surface area (Å²) in [7, 11) is 2.04. The number of imidazole rings is 1. The summed E-state index contributed by atoms with van der Waals surface area (Å²) in [4.78, 5) is 34.5. The van der Waals surface area contributed by atoms with Crippen molar-refractivity contribution in [2.45, 2.75) is 13.0 Å². The molecule has 1 aliphatic rings. The summed E-state index contributed by atoms with van der Waals surface area (Å²) in [6.45, 7) is 4.91. The van der Waals surface area contributed by atoms with E-state index in [1.807, 2.05) is 62.5 Å². The highest BCUT2D eigenvalue weighted by Crippen LogP contribution is 2.18. The van der Waals surface area contributed by atoms with E-state index in [1.54, 1.807) is 15.5 Å². The number of rotatable bonds is 4. The third-order valence-electron chi connectivity index (χ3n) is 5.39. The first kappa shape index (κ1) is 19.1. The quantitative estimate of drug-likeness (QED) is 0.740. The zero-order valence-corrected chi connectivity index (χ0v) is 16.7.